The van der Waals surface area contributed by atoms with E-state index in [-0.39, 0.29) is 24.5 Å². The van der Waals surface area contributed by atoms with E-state index < -0.39 is 12.0 Å². The molecule has 104 valence electrons. The van der Waals surface area contributed by atoms with Gasteiger partial charge in [-0.25, -0.2) is 4.79 Å². The largest absolute Gasteiger partial charge is 0.480 e. The molecule has 18 heavy (non-hydrogen) atoms. The van der Waals surface area contributed by atoms with Gasteiger partial charge < -0.3 is 15.2 Å². The van der Waals surface area contributed by atoms with Gasteiger partial charge in [-0.05, 0) is 25.2 Å². The van der Waals surface area contributed by atoms with E-state index in [9.17, 15) is 9.59 Å². The number of rotatable bonds is 7. The summed E-state index contributed by atoms with van der Waals surface area (Å²) in [6, 6.07) is -0.815. The van der Waals surface area contributed by atoms with Crippen LogP contribution in [0.4, 0.5) is 0 Å². The molecule has 1 rings (SSSR count). The molecular formula is C13H23NO4. The number of ether oxygens (including phenoxy) is 1. The summed E-state index contributed by atoms with van der Waals surface area (Å²) in [5.74, 6) is -1.10. The van der Waals surface area contributed by atoms with E-state index in [1.54, 1.807) is 0 Å². The Kier molecular flexibility index (Phi) is 6.12. The van der Waals surface area contributed by atoms with Crippen LogP contribution in [-0.2, 0) is 14.3 Å². The zero-order valence-corrected chi connectivity index (χ0v) is 11.1. The van der Waals surface area contributed by atoms with Crippen molar-refractivity contribution in [2.24, 2.45) is 5.92 Å². The van der Waals surface area contributed by atoms with Crippen LogP contribution < -0.4 is 5.32 Å². The second-order valence-electron chi connectivity index (χ2n) is 5.31. The van der Waals surface area contributed by atoms with Crippen LogP contribution in [0.3, 0.4) is 0 Å². The Labute approximate surface area is 108 Å². The molecule has 0 aromatic heterocycles. The van der Waals surface area contributed by atoms with E-state index in [0.29, 0.717) is 6.42 Å². The molecule has 5 nitrogen and oxygen atoms in total. The molecule has 0 radical (unpaired) electrons. The van der Waals surface area contributed by atoms with Crippen molar-refractivity contribution in [3.63, 3.8) is 0 Å². The first-order chi connectivity index (χ1) is 8.49. The summed E-state index contributed by atoms with van der Waals surface area (Å²) < 4.78 is 5.45. The van der Waals surface area contributed by atoms with Crippen molar-refractivity contribution in [2.75, 3.05) is 6.61 Å². The Bertz CT molecular complexity index is 285. The third kappa shape index (κ3) is 5.49. The summed E-state index contributed by atoms with van der Waals surface area (Å²) in [5, 5.41) is 11.5. The highest BCUT2D eigenvalue weighted by Crippen LogP contribution is 2.20. The van der Waals surface area contributed by atoms with Crippen LogP contribution in [0, 0.1) is 5.92 Å². The monoisotopic (exact) mass is 257 g/mol. The van der Waals surface area contributed by atoms with Crippen molar-refractivity contribution < 1.29 is 19.4 Å². The van der Waals surface area contributed by atoms with E-state index in [4.69, 9.17) is 9.84 Å². The number of carboxylic acids is 1. The van der Waals surface area contributed by atoms with E-state index in [2.05, 4.69) is 5.32 Å². The predicted molar refractivity (Wildman–Crippen MR) is 67.2 cm³/mol. The van der Waals surface area contributed by atoms with Gasteiger partial charge in [0, 0.05) is 0 Å². The van der Waals surface area contributed by atoms with Crippen molar-refractivity contribution >= 4 is 11.9 Å². The minimum atomic E-state index is -0.988. The normalized spacial score (nSPS) is 17.9. The molecule has 0 bridgehead atoms. The van der Waals surface area contributed by atoms with Crippen LogP contribution in [0.25, 0.3) is 0 Å². The van der Waals surface area contributed by atoms with Crippen molar-refractivity contribution in [3.8, 4) is 0 Å². The fourth-order valence-corrected chi connectivity index (χ4v) is 2.18. The maximum absolute atomic E-state index is 11.6. The molecule has 0 spiro atoms. The van der Waals surface area contributed by atoms with Crippen molar-refractivity contribution in [2.45, 2.75) is 58.1 Å². The first kappa shape index (κ1) is 15.0. The summed E-state index contributed by atoms with van der Waals surface area (Å²) >= 11 is 0. The van der Waals surface area contributed by atoms with E-state index in [1.165, 1.54) is 0 Å². The zero-order chi connectivity index (χ0) is 13.5. The number of amides is 1. The van der Waals surface area contributed by atoms with Gasteiger partial charge in [0.15, 0.2) is 0 Å². The van der Waals surface area contributed by atoms with E-state index >= 15 is 0 Å². The topological polar surface area (TPSA) is 75.6 Å². The molecule has 1 atom stereocenters. The summed E-state index contributed by atoms with van der Waals surface area (Å²) in [6.45, 7) is 3.82. The molecule has 1 aliphatic carbocycles. The Morgan fingerprint density at radius 1 is 1.33 bits per heavy atom. The molecule has 0 aliphatic heterocycles. The second-order valence-corrected chi connectivity index (χ2v) is 5.31. The predicted octanol–water partition coefficient (Wildman–Crippen LogP) is 1.56. The van der Waals surface area contributed by atoms with Crippen LogP contribution in [0.5, 0.6) is 0 Å². The van der Waals surface area contributed by atoms with Crippen LogP contribution in [0.2, 0.25) is 0 Å². The third-order valence-corrected chi connectivity index (χ3v) is 3.09. The number of hydrogen-bond donors (Lipinski definition) is 2. The highest BCUT2D eigenvalue weighted by molar-refractivity contribution is 5.84. The SMILES string of the molecule is CC(C)C[C@@H](NC(=O)COC1CCCC1)C(=O)O. The summed E-state index contributed by atoms with van der Waals surface area (Å²) in [5.41, 5.74) is 0. The average Bonchev–Trinajstić information content (AvgIpc) is 2.77. The van der Waals surface area contributed by atoms with Crippen molar-refractivity contribution in [3.05, 3.63) is 0 Å². The summed E-state index contributed by atoms with van der Waals surface area (Å²) in [6.07, 6.45) is 4.91. The Morgan fingerprint density at radius 2 is 1.94 bits per heavy atom. The summed E-state index contributed by atoms with van der Waals surface area (Å²) in [7, 11) is 0. The van der Waals surface area contributed by atoms with Gasteiger partial charge in [0.2, 0.25) is 5.91 Å². The molecule has 0 unspecified atom stereocenters. The van der Waals surface area contributed by atoms with Gasteiger partial charge >= 0.3 is 5.97 Å². The summed E-state index contributed by atoms with van der Waals surface area (Å²) in [4.78, 5) is 22.6. The highest BCUT2D eigenvalue weighted by atomic mass is 16.5. The molecular weight excluding hydrogens is 234 g/mol. The lowest BCUT2D eigenvalue weighted by Gasteiger charge is -2.17. The van der Waals surface area contributed by atoms with Gasteiger partial charge in [-0.15, -0.1) is 0 Å². The van der Waals surface area contributed by atoms with E-state index in [0.717, 1.165) is 25.7 Å². The number of nitrogens with one attached hydrogen (secondary N) is 1. The number of carbonyl (C=O) groups is 2. The van der Waals surface area contributed by atoms with Crippen LogP contribution in [0.1, 0.15) is 46.0 Å². The van der Waals surface area contributed by atoms with Gasteiger partial charge in [-0.1, -0.05) is 26.7 Å². The maximum atomic E-state index is 11.6. The molecule has 0 heterocycles. The van der Waals surface area contributed by atoms with Gasteiger partial charge in [0.05, 0.1) is 6.10 Å². The minimum Gasteiger partial charge on any atom is -0.480 e. The molecule has 0 aromatic carbocycles. The molecule has 1 fully saturated rings. The first-order valence-corrected chi connectivity index (χ1v) is 6.62. The standard InChI is InChI=1S/C13H23NO4/c1-9(2)7-11(13(16)17)14-12(15)8-18-10-5-3-4-6-10/h9-11H,3-8H2,1-2H3,(H,14,15)(H,16,17)/t11-/m1/s1. The molecule has 5 heteroatoms. The first-order valence-electron chi connectivity index (χ1n) is 6.62. The minimum absolute atomic E-state index is 0.0352. The lowest BCUT2D eigenvalue weighted by molar-refractivity contribution is -0.143. The number of carbonyl (C=O) groups excluding carboxylic acids is 1. The lowest BCUT2D eigenvalue weighted by atomic mass is 10.0. The molecule has 1 aliphatic rings. The van der Waals surface area contributed by atoms with Gasteiger partial charge in [0.1, 0.15) is 12.6 Å². The quantitative estimate of drug-likeness (QED) is 0.725. The number of aliphatic carboxylic acids is 1. The maximum Gasteiger partial charge on any atom is 0.326 e. The Morgan fingerprint density at radius 3 is 2.44 bits per heavy atom. The van der Waals surface area contributed by atoms with Gasteiger partial charge in [0.25, 0.3) is 0 Å². The molecule has 0 saturated heterocycles. The fourth-order valence-electron chi connectivity index (χ4n) is 2.18. The van der Waals surface area contributed by atoms with E-state index in [1.807, 2.05) is 13.8 Å². The van der Waals surface area contributed by atoms with Crippen LogP contribution in [-0.4, -0.2) is 35.7 Å². The smallest absolute Gasteiger partial charge is 0.326 e. The number of hydrogen-bond acceptors (Lipinski definition) is 3. The Balaban J connectivity index is 2.29. The lowest BCUT2D eigenvalue weighted by Crippen LogP contribution is -2.43. The van der Waals surface area contributed by atoms with Gasteiger partial charge in [-0.2, -0.15) is 0 Å². The highest BCUT2D eigenvalue weighted by Gasteiger charge is 2.22. The molecule has 1 saturated carbocycles. The molecule has 2 N–H and O–H groups in total. The van der Waals surface area contributed by atoms with Gasteiger partial charge in [-0.3, -0.25) is 4.79 Å². The molecule has 1 amide bonds. The number of carboxylic acid groups (broad SMARTS) is 1. The van der Waals surface area contributed by atoms with Crippen molar-refractivity contribution in [1.29, 1.82) is 0 Å². The zero-order valence-electron chi connectivity index (χ0n) is 11.1. The average molecular weight is 257 g/mol. The fraction of sp³-hybridized carbons (Fsp3) is 0.846. The Hall–Kier alpha value is -1.10. The van der Waals surface area contributed by atoms with Crippen molar-refractivity contribution in [1.82, 2.24) is 5.32 Å². The van der Waals surface area contributed by atoms with Crippen LogP contribution in [0.15, 0.2) is 0 Å². The van der Waals surface area contributed by atoms with Crippen LogP contribution >= 0.6 is 0 Å². The third-order valence-electron chi connectivity index (χ3n) is 3.09. The molecule has 0 aromatic rings. The second kappa shape index (κ2) is 7.36.